The van der Waals surface area contributed by atoms with E-state index in [0.717, 1.165) is 5.69 Å². The number of hydrogen-bond donors (Lipinski definition) is 3. The Morgan fingerprint density at radius 1 is 0.886 bits per heavy atom. The highest BCUT2D eigenvalue weighted by molar-refractivity contribution is 6.43. The number of nitrogens with zero attached hydrogens (tertiary/aromatic N) is 2. The van der Waals surface area contributed by atoms with Crippen LogP contribution in [0.25, 0.3) is 11.4 Å². The molecule has 0 bridgehead atoms. The molecule has 0 saturated heterocycles. The summed E-state index contributed by atoms with van der Waals surface area (Å²) in [5.41, 5.74) is 1.92. The van der Waals surface area contributed by atoms with Crippen molar-refractivity contribution in [2.75, 3.05) is 23.1 Å². The first kappa shape index (κ1) is 25.2. The van der Waals surface area contributed by atoms with Gasteiger partial charge in [0.25, 0.3) is 0 Å². The van der Waals surface area contributed by atoms with E-state index in [0.29, 0.717) is 28.5 Å². The summed E-state index contributed by atoms with van der Waals surface area (Å²) in [6, 6.07) is 13.2. The van der Waals surface area contributed by atoms with Gasteiger partial charge in [-0.25, -0.2) is 14.8 Å². The van der Waals surface area contributed by atoms with Crippen LogP contribution >= 0.6 is 0 Å². The molecule has 0 spiro atoms. The van der Waals surface area contributed by atoms with Gasteiger partial charge in [-0.05, 0) is 58.0 Å². The summed E-state index contributed by atoms with van der Waals surface area (Å²) in [6.45, 7) is 7.11. The van der Waals surface area contributed by atoms with Gasteiger partial charge in [-0.3, -0.25) is 14.9 Å². The van der Waals surface area contributed by atoms with Gasteiger partial charge in [-0.15, -0.1) is 0 Å². The minimum Gasteiger partial charge on any atom is -0.494 e. The van der Waals surface area contributed by atoms with E-state index in [2.05, 4.69) is 25.9 Å². The van der Waals surface area contributed by atoms with Gasteiger partial charge in [0.05, 0.1) is 12.8 Å². The lowest BCUT2D eigenvalue weighted by molar-refractivity contribution is -0.132. The lowest BCUT2D eigenvalue weighted by atomic mass is 10.2. The minimum atomic E-state index is -0.878. The molecule has 3 aromatic rings. The van der Waals surface area contributed by atoms with Crippen LogP contribution in [-0.4, -0.2) is 40.6 Å². The molecule has 3 N–H and O–H groups in total. The average molecular weight is 478 g/mol. The van der Waals surface area contributed by atoms with E-state index in [-0.39, 0.29) is 5.75 Å². The zero-order valence-corrected chi connectivity index (χ0v) is 20.1. The fourth-order valence-corrected chi connectivity index (χ4v) is 2.99. The highest BCUT2D eigenvalue weighted by atomic mass is 16.6. The number of benzene rings is 2. The van der Waals surface area contributed by atoms with Crippen LogP contribution in [0.1, 0.15) is 26.5 Å². The molecule has 0 aliphatic carbocycles. The van der Waals surface area contributed by atoms with Crippen LogP contribution in [0.4, 0.5) is 21.9 Å². The Labute approximate surface area is 203 Å². The number of amides is 3. The predicted molar refractivity (Wildman–Crippen MR) is 132 cm³/mol. The fourth-order valence-electron chi connectivity index (χ4n) is 2.99. The number of ether oxygens (including phenoxy) is 2. The molecule has 3 amide bonds. The quantitative estimate of drug-likeness (QED) is 0.465. The molecule has 10 nitrogen and oxygen atoms in total. The second-order valence-corrected chi connectivity index (χ2v) is 8.55. The SMILES string of the molecule is COc1cc(NC(=O)C(=O)Nc2cccc(-c3nccc(C)n3)c2)ccc1NC(=O)OC(C)(C)C. The third kappa shape index (κ3) is 7.26. The van der Waals surface area contributed by atoms with E-state index in [4.69, 9.17) is 9.47 Å². The minimum absolute atomic E-state index is 0.278. The molecule has 0 unspecified atom stereocenters. The maximum absolute atomic E-state index is 12.5. The smallest absolute Gasteiger partial charge is 0.412 e. The van der Waals surface area contributed by atoms with Gasteiger partial charge in [0, 0.05) is 34.9 Å². The number of rotatable bonds is 5. The van der Waals surface area contributed by atoms with E-state index in [1.54, 1.807) is 51.2 Å². The third-order valence-electron chi connectivity index (χ3n) is 4.47. The number of aromatic nitrogens is 2. The van der Waals surface area contributed by atoms with Crippen molar-refractivity contribution in [2.45, 2.75) is 33.3 Å². The summed E-state index contributed by atoms with van der Waals surface area (Å²) in [4.78, 5) is 45.5. The molecule has 1 aromatic heterocycles. The van der Waals surface area contributed by atoms with Gasteiger partial charge in [0.1, 0.15) is 11.4 Å². The van der Waals surface area contributed by atoms with Crippen molar-refractivity contribution in [1.29, 1.82) is 0 Å². The molecule has 10 heteroatoms. The zero-order valence-electron chi connectivity index (χ0n) is 20.1. The van der Waals surface area contributed by atoms with Crippen molar-refractivity contribution >= 4 is 35.0 Å². The Bertz CT molecular complexity index is 1250. The number of hydrogen-bond acceptors (Lipinski definition) is 7. The van der Waals surface area contributed by atoms with Crippen molar-refractivity contribution in [2.24, 2.45) is 0 Å². The normalized spacial score (nSPS) is 10.8. The van der Waals surface area contributed by atoms with E-state index in [1.807, 2.05) is 13.0 Å². The number of anilines is 3. The highest BCUT2D eigenvalue weighted by Gasteiger charge is 2.19. The van der Waals surface area contributed by atoms with Crippen molar-refractivity contribution in [3.63, 3.8) is 0 Å². The molecular formula is C25H27N5O5. The Kier molecular flexibility index (Phi) is 7.65. The fraction of sp³-hybridized carbons (Fsp3) is 0.240. The summed E-state index contributed by atoms with van der Waals surface area (Å²) in [7, 11) is 1.42. The van der Waals surface area contributed by atoms with Crippen LogP contribution in [0.3, 0.4) is 0 Å². The van der Waals surface area contributed by atoms with Gasteiger partial charge < -0.3 is 20.1 Å². The number of methoxy groups -OCH3 is 1. The number of carbonyl (C=O) groups excluding carboxylic acids is 3. The van der Waals surface area contributed by atoms with Gasteiger partial charge in [0.2, 0.25) is 0 Å². The van der Waals surface area contributed by atoms with Crippen LogP contribution < -0.4 is 20.7 Å². The molecule has 182 valence electrons. The Morgan fingerprint density at radius 3 is 2.20 bits per heavy atom. The van der Waals surface area contributed by atoms with E-state index < -0.39 is 23.5 Å². The summed E-state index contributed by atoms with van der Waals surface area (Å²) in [5, 5.41) is 7.66. The summed E-state index contributed by atoms with van der Waals surface area (Å²) in [6.07, 6.45) is 1.00. The lowest BCUT2D eigenvalue weighted by Crippen LogP contribution is -2.29. The van der Waals surface area contributed by atoms with Gasteiger partial charge in [0.15, 0.2) is 5.82 Å². The van der Waals surface area contributed by atoms with Crippen LogP contribution in [0.5, 0.6) is 5.75 Å². The van der Waals surface area contributed by atoms with Gasteiger partial charge >= 0.3 is 17.9 Å². The highest BCUT2D eigenvalue weighted by Crippen LogP contribution is 2.28. The Balaban J connectivity index is 1.66. The van der Waals surface area contributed by atoms with E-state index in [1.165, 1.54) is 25.3 Å². The maximum Gasteiger partial charge on any atom is 0.412 e. The van der Waals surface area contributed by atoms with Crippen LogP contribution in [0.2, 0.25) is 0 Å². The second-order valence-electron chi connectivity index (χ2n) is 8.55. The standard InChI is InChI=1S/C25H27N5O5/c1-15-11-12-26-21(27-15)16-7-6-8-17(13-16)28-22(31)23(32)29-18-9-10-19(20(14-18)34-5)30-24(33)35-25(2,3)4/h6-14H,1-5H3,(H,28,31)(H,29,32)(H,30,33). The molecule has 0 radical (unpaired) electrons. The molecule has 1 heterocycles. The largest absolute Gasteiger partial charge is 0.494 e. The second kappa shape index (κ2) is 10.6. The molecule has 0 aliphatic rings. The molecule has 0 aliphatic heterocycles. The average Bonchev–Trinajstić information content (AvgIpc) is 2.79. The summed E-state index contributed by atoms with van der Waals surface area (Å²) in [5.74, 6) is -0.947. The first-order valence-corrected chi connectivity index (χ1v) is 10.7. The first-order chi connectivity index (χ1) is 16.5. The van der Waals surface area contributed by atoms with Crippen LogP contribution in [0, 0.1) is 6.92 Å². The van der Waals surface area contributed by atoms with Crippen LogP contribution in [-0.2, 0) is 14.3 Å². The molecule has 0 atom stereocenters. The van der Waals surface area contributed by atoms with Crippen molar-refractivity contribution in [3.05, 3.63) is 60.4 Å². The maximum atomic E-state index is 12.5. The third-order valence-corrected chi connectivity index (χ3v) is 4.47. The lowest BCUT2D eigenvalue weighted by Gasteiger charge is -2.20. The number of aryl methyl sites for hydroxylation is 1. The van der Waals surface area contributed by atoms with Gasteiger partial charge in [-0.1, -0.05) is 12.1 Å². The molecule has 0 fully saturated rings. The van der Waals surface area contributed by atoms with E-state index >= 15 is 0 Å². The Hall–Kier alpha value is -4.47. The van der Waals surface area contributed by atoms with Crippen molar-refractivity contribution in [1.82, 2.24) is 9.97 Å². The number of nitrogens with one attached hydrogen (secondary N) is 3. The molecule has 0 saturated carbocycles. The molecule has 3 rings (SSSR count). The van der Waals surface area contributed by atoms with Gasteiger partial charge in [-0.2, -0.15) is 0 Å². The van der Waals surface area contributed by atoms with Crippen LogP contribution in [0.15, 0.2) is 54.7 Å². The molecular weight excluding hydrogens is 450 g/mol. The first-order valence-electron chi connectivity index (χ1n) is 10.7. The summed E-state index contributed by atoms with van der Waals surface area (Å²) >= 11 is 0. The van der Waals surface area contributed by atoms with E-state index in [9.17, 15) is 14.4 Å². The number of carbonyl (C=O) groups is 3. The van der Waals surface area contributed by atoms with Crippen molar-refractivity contribution < 1.29 is 23.9 Å². The van der Waals surface area contributed by atoms with Crippen molar-refractivity contribution in [3.8, 4) is 17.1 Å². The predicted octanol–water partition coefficient (Wildman–Crippen LogP) is 4.38. The zero-order chi connectivity index (χ0) is 25.6. The molecule has 2 aromatic carbocycles. The Morgan fingerprint density at radius 2 is 1.57 bits per heavy atom. The molecule has 35 heavy (non-hydrogen) atoms. The monoisotopic (exact) mass is 477 g/mol. The summed E-state index contributed by atoms with van der Waals surface area (Å²) < 4.78 is 10.5. The topological polar surface area (TPSA) is 132 Å².